The predicted octanol–water partition coefficient (Wildman–Crippen LogP) is 7.70. The van der Waals surface area contributed by atoms with Gasteiger partial charge in [0.2, 0.25) is 0 Å². The first kappa shape index (κ1) is 26.5. The molecule has 1 N–H and O–H groups in total. The molecule has 1 saturated heterocycles. The fourth-order valence-corrected chi connectivity index (χ4v) is 7.23. The van der Waals surface area contributed by atoms with Gasteiger partial charge in [-0.25, -0.2) is 0 Å². The Kier molecular flexibility index (Phi) is 6.24. The van der Waals surface area contributed by atoms with E-state index in [1.54, 1.807) is 0 Å². The third-order valence-electron chi connectivity index (χ3n) is 9.41. The van der Waals surface area contributed by atoms with Gasteiger partial charge in [-0.05, 0) is 58.8 Å². The Morgan fingerprint density at radius 2 is 1.43 bits per heavy atom. The maximum atomic E-state index is 13.9. The fourth-order valence-electron chi connectivity index (χ4n) is 7.23. The number of rotatable bonds is 5. The van der Waals surface area contributed by atoms with E-state index in [1.807, 2.05) is 0 Å². The molecule has 3 fully saturated rings. The summed E-state index contributed by atoms with van der Waals surface area (Å²) in [6, 6.07) is 8.83. The molecule has 1 aliphatic heterocycles. The predicted molar refractivity (Wildman–Crippen MR) is 123 cm³/mol. The van der Waals surface area contributed by atoms with Crippen LogP contribution in [0.2, 0.25) is 0 Å². The maximum Gasteiger partial charge on any atom is 0.416 e. The number of alkyl halides is 6. The Balaban J connectivity index is 1.52. The van der Waals surface area contributed by atoms with Gasteiger partial charge in [0.25, 0.3) is 0 Å². The third-order valence-corrected chi connectivity index (χ3v) is 9.41. The molecule has 2 aromatic rings. The summed E-state index contributed by atoms with van der Waals surface area (Å²) in [5.74, 6) is 0.491. The van der Waals surface area contributed by atoms with Crippen molar-refractivity contribution in [3.05, 3.63) is 70.8 Å². The van der Waals surface area contributed by atoms with Crippen LogP contribution in [0, 0.1) is 22.7 Å². The van der Waals surface area contributed by atoms with Crippen LogP contribution in [0.4, 0.5) is 26.3 Å². The molecule has 7 atom stereocenters. The smallest absolute Gasteiger partial charge is 0.385 e. The summed E-state index contributed by atoms with van der Waals surface area (Å²) in [7, 11) is 0. The third kappa shape index (κ3) is 4.17. The molecule has 2 aliphatic carbocycles. The Hall–Kier alpha value is -2.10. The number of ether oxygens (including phenoxy) is 2. The second kappa shape index (κ2) is 8.71. The monoisotopic (exact) mass is 528 g/mol. The van der Waals surface area contributed by atoms with Crippen molar-refractivity contribution in [3.63, 3.8) is 0 Å². The van der Waals surface area contributed by atoms with Gasteiger partial charge in [-0.3, -0.25) is 0 Å². The molecule has 5 rings (SSSR count). The van der Waals surface area contributed by atoms with Crippen molar-refractivity contribution in [2.45, 2.75) is 77.0 Å². The second-order valence-corrected chi connectivity index (χ2v) is 11.3. The van der Waals surface area contributed by atoms with Crippen LogP contribution in [0.25, 0.3) is 0 Å². The molecule has 1 heterocycles. The number of benzene rings is 2. The molecule has 0 radical (unpaired) electrons. The number of aliphatic hydroxyl groups is 1. The van der Waals surface area contributed by atoms with E-state index < -0.39 is 53.1 Å². The molecule has 202 valence electrons. The topological polar surface area (TPSA) is 38.7 Å². The van der Waals surface area contributed by atoms with Crippen molar-refractivity contribution in [1.82, 2.24) is 0 Å². The lowest BCUT2D eigenvalue weighted by Crippen LogP contribution is -2.38. The van der Waals surface area contributed by atoms with Crippen molar-refractivity contribution >= 4 is 0 Å². The van der Waals surface area contributed by atoms with Crippen LogP contribution < -0.4 is 0 Å². The standard InChI is InChI=1S/C28H30F6O3/c1-25(2)18-12-13-26(25,3)24-17(18)14-21(37-24)36-23(16-9-5-7-11-20(16)28(32,33)34)22(35)15-8-4-6-10-19(15)27(29,30)31/h4-11,17-18,21-24,35H,12-14H2,1-3H3/t17-,18-,21-,22+,23+,24+,26-/m0/s1. The molecular formula is C28H30F6O3. The van der Waals surface area contributed by atoms with Gasteiger partial charge in [0, 0.05) is 6.42 Å². The molecule has 0 spiro atoms. The Bertz CT molecular complexity index is 1160. The molecule has 0 amide bonds. The Morgan fingerprint density at radius 1 is 0.892 bits per heavy atom. The molecule has 3 nitrogen and oxygen atoms in total. The summed E-state index contributed by atoms with van der Waals surface area (Å²) in [6.07, 6.45) is -12.1. The van der Waals surface area contributed by atoms with Crippen molar-refractivity contribution in [1.29, 1.82) is 0 Å². The summed E-state index contributed by atoms with van der Waals surface area (Å²) in [5, 5.41) is 11.2. The minimum Gasteiger partial charge on any atom is -0.385 e. The fraction of sp³-hybridized carbons (Fsp3) is 0.571. The molecule has 3 aliphatic rings. The lowest BCUT2D eigenvalue weighted by molar-refractivity contribution is -0.208. The van der Waals surface area contributed by atoms with Crippen molar-refractivity contribution in [2.24, 2.45) is 22.7 Å². The molecule has 2 aromatic carbocycles. The summed E-state index contributed by atoms with van der Waals surface area (Å²) in [4.78, 5) is 0. The number of hydrogen-bond acceptors (Lipinski definition) is 3. The van der Waals surface area contributed by atoms with E-state index >= 15 is 0 Å². The van der Waals surface area contributed by atoms with Gasteiger partial charge < -0.3 is 14.6 Å². The van der Waals surface area contributed by atoms with Crippen LogP contribution >= 0.6 is 0 Å². The Morgan fingerprint density at radius 3 is 2.00 bits per heavy atom. The highest BCUT2D eigenvalue weighted by Gasteiger charge is 2.69. The van der Waals surface area contributed by atoms with Crippen molar-refractivity contribution in [2.75, 3.05) is 0 Å². The molecule has 9 heteroatoms. The van der Waals surface area contributed by atoms with Crippen molar-refractivity contribution in [3.8, 4) is 0 Å². The lowest BCUT2D eigenvalue weighted by Gasteiger charge is -2.39. The van der Waals surface area contributed by atoms with Gasteiger partial charge in [0.05, 0.1) is 17.2 Å². The molecule has 2 saturated carbocycles. The molecule has 0 unspecified atom stereocenters. The van der Waals surface area contributed by atoms with Gasteiger partial charge in [-0.2, -0.15) is 26.3 Å². The molecule has 37 heavy (non-hydrogen) atoms. The maximum absolute atomic E-state index is 13.9. The zero-order valence-corrected chi connectivity index (χ0v) is 20.7. The van der Waals surface area contributed by atoms with Gasteiger partial charge in [-0.15, -0.1) is 0 Å². The molecular weight excluding hydrogens is 498 g/mol. The van der Waals surface area contributed by atoms with E-state index in [0.29, 0.717) is 12.3 Å². The first-order valence-corrected chi connectivity index (χ1v) is 12.5. The molecule has 0 aromatic heterocycles. The average molecular weight is 529 g/mol. The van der Waals surface area contributed by atoms with Crippen LogP contribution in [0.3, 0.4) is 0 Å². The van der Waals surface area contributed by atoms with E-state index in [9.17, 15) is 31.4 Å². The van der Waals surface area contributed by atoms with E-state index in [2.05, 4.69) is 20.8 Å². The van der Waals surface area contributed by atoms with Crippen LogP contribution in [-0.4, -0.2) is 17.5 Å². The van der Waals surface area contributed by atoms with E-state index in [0.717, 1.165) is 43.2 Å². The SMILES string of the molecule is CC1(C)[C@H]2CC[C@@]1(C)[C@@H]1O[C@H](O[C@H](c3ccccc3C(F)(F)F)[C@H](O)c3ccccc3C(F)(F)F)C[C@H]12. The second-order valence-electron chi connectivity index (χ2n) is 11.3. The summed E-state index contributed by atoms with van der Waals surface area (Å²) < 4.78 is 95.4. The summed E-state index contributed by atoms with van der Waals surface area (Å²) >= 11 is 0. The first-order valence-electron chi connectivity index (χ1n) is 12.5. The summed E-state index contributed by atoms with van der Waals surface area (Å²) in [6.45, 7) is 6.58. The van der Waals surface area contributed by atoms with Crippen LogP contribution in [-0.2, 0) is 21.8 Å². The molecule has 2 bridgehead atoms. The van der Waals surface area contributed by atoms with Crippen LogP contribution in [0.15, 0.2) is 48.5 Å². The summed E-state index contributed by atoms with van der Waals surface area (Å²) in [5.41, 5.74) is -3.30. The first-order chi connectivity index (χ1) is 17.2. The lowest BCUT2D eigenvalue weighted by atomic mass is 9.70. The number of fused-ring (bicyclic) bond motifs is 5. The largest absolute Gasteiger partial charge is 0.416 e. The van der Waals surface area contributed by atoms with Gasteiger partial charge in [0.1, 0.15) is 12.2 Å². The zero-order chi connectivity index (χ0) is 27.0. The van der Waals surface area contributed by atoms with Gasteiger partial charge >= 0.3 is 12.4 Å². The van der Waals surface area contributed by atoms with Crippen LogP contribution in [0.1, 0.15) is 74.5 Å². The highest BCUT2D eigenvalue weighted by molar-refractivity contribution is 5.37. The average Bonchev–Trinajstić information content (AvgIpc) is 3.39. The van der Waals surface area contributed by atoms with E-state index in [1.165, 1.54) is 18.2 Å². The van der Waals surface area contributed by atoms with E-state index in [-0.39, 0.29) is 22.9 Å². The van der Waals surface area contributed by atoms with Gasteiger partial charge in [-0.1, -0.05) is 57.2 Å². The Labute approximate surface area is 211 Å². The minimum atomic E-state index is -4.81. The highest BCUT2D eigenvalue weighted by atomic mass is 19.4. The quantitative estimate of drug-likeness (QED) is 0.404. The normalized spacial score (nSPS) is 32.4. The number of halogens is 6. The van der Waals surface area contributed by atoms with Crippen LogP contribution in [0.5, 0.6) is 0 Å². The zero-order valence-electron chi connectivity index (χ0n) is 20.7. The van der Waals surface area contributed by atoms with Crippen molar-refractivity contribution < 1.29 is 40.9 Å². The minimum absolute atomic E-state index is 0.0285. The number of aliphatic hydroxyl groups excluding tert-OH is 1. The van der Waals surface area contributed by atoms with Gasteiger partial charge in [0.15, 0.2) is 6.29 Å². The van der Waals surface area contributed by atoms with E-state index in [4.69, 9.17) is 9.47 Å². The highest BCUT2D eigenvalue weighted by Crippen LogP contribution is 2.71. The number of hydrogen-bond donors (Lipinski definition) is 1.